The molecule has 0 aromatic heterocycles. The number of hydrogen-bond donors (Lipinski definition) is 4. The summed E-state index contributed by atoms with van der Waals surface area (Å²) in [6.07, 6.45) is 7.44. The number of carbonyl (C=O) groups is 2. The number of benzene rings is 1. The van der Waals surface area contributed by atoms with E-state index in [-0.39, 0.29) is 11.3 Å². The summed E-state index contributed by atoms with van der Waals surface area (Å²) in [5.74, 6) is -0.696. The molecule has 6 N–H and O–H groups in total. The van der Waals surface area contributed by atoms with E-state index in [1.165, 1.54) is 24.5 Å². The van der Waals surface area contributed by atoms with Crippen molar-refractivity contribution in [3.63, 3.8) is 0 Å². The van der Waals surface area contributed by atoms with E-state index < -0.39 is 22.5 Å². The molecule has 1 rings (SSSR count). The monoisotopic (exact) mass is 490 g/mol. The molecule has 0 saturated heterocycles. The van der Waals surface area contributed by atoms with Crippen LogP contribution in [0, 0.1) is 10.1 Å². The molecular weight excluding hydrogens is 456 g/mol. The third-order valence-electron chi connectivity index (χ3n) is 3.61. The van der Waals surface area contributed by atoms with Crippen molar-refractivity contribution >= 4 is 29.6 Å². The van der Waals surface area contributed by atoms with Gasteiger partial charge in [0.15, 0.2) is 0 Å². The molecule has 0 radical (unpaired) electrons. The van der Waals surface area contributed by atoms with Crippen molar-refractivity contribution in [3.8, 4) is 0 Å². The van der Waals surface area contributed by atoms with Gasteiger partial charge in [-0.3, -0.25) is 25.2 Å². The van der Waals surface area contributed by atoms with Crippen molar-refractivity contribution in [2.75, 3.05) is 32.1 Å². The van der Waals surface area contributed by atoms with Gasteiger partial charge in [-0.25, -0.2) is 4.79 Å². The van der Waals surface area contributed by atoms with Crippen molar-refractivity contribution in [3.05, 3.63) is 70.6 Å². The SMILES string of the molecule is C=CCNc1ccc(C(N)=O)cc1[N+](=O)[O-].COC/C=C/CN=C/C(=C\N)NC(=O)OC(C)(C)C. The number of primary amides is 1. The summed E-state index contributed by atoms with van der Waals surface area (Å²) in [5.41, 5.74) is 10.5. The van der Waals surface area contributed by atoms with Gasteiger partial charge in [0.2, 0.25) is 5.91 Å². The van der Waals surface area contributed by atoms with Crippen LogP contribution in [0.25, 0.3) is 0 Å². The summed E-state index contributed by atoms with van der Waals surface area (Å²) < 4.78 is 9.94. The minimum Gasteiger partial charge on any atom is -0.444 e. The highest BCUT2D eigenvalue weighted by Crippen LogP contribution is 2.25. The highest BCUT2D eigenvalue weighted by molar-refractivity contribution is 5.94. The molecule has 0 unspecified atom stereocenters. The van der Waals surface area contributed by atoms with Crippen molar-refractivity contribution in [2.45, 2.75) is 26.4 Å². The van der Waals surface area contributed by atoms with Crippen LogP contribution in [-0.2, 0) is 9.47 Å². The number of alkyl carbamates (subject to hydrolysis) is 1. The van der Waals surface area contributed by atoms with Crippen LogP contribution >= 0.6 is 0 Å². The Labute approximate surface area is 204 Å². The van der Waals surface area contributed by atoms with Crippen LogP contribution in [0.3, 0.4) is 0 Å². The predicted molar refractivity (Wildman–Crippen MR) is 136 cm³/mol. The largest absolute Gasteiger partial charge is 0.444 e. The number of ether oxygens (including phenoxy) is 2. The van der Waals surface area contributed by atoms with Crippen LogP contribution in [0.2, 0.25) is 0 Å². The highest BCUT2D eigenvalue weighted by Gasteiger charge is 2.17. The van der Waals surface area contributed by atoms with E-state index in [0.29, 0.717) is 31.1 Å². The molecule has 0 heterocycles. The topological polar surface area (TPSA) is 184 Å². The maximum Gasteiger partial charge on any atom is 0.412 e. The molecule has 1 aromatic carbocycles. The van der Waals surface area contributed by atoms with E-state index in [2.05, 4.69) is 22.2 Å². The van der Waals surface area contributed by atoms with Gasteiger partial charge in [0.25, 0.3) is 5.69 Å². The summed E-state index contributed by atoms with van der Waals surface area (Å²) in [7, 11) is 1.62. The number of amides is 2. The number of anilines is 1. The Balaban J connectivity index is 0.000000669. The van der Waals surface area contributed by atoms with Crippen LogP contribution < -0.4 is 22.1 Å². The second-order valence-corrected chi connectivity index (χ2v) is 7.69. The van der Waals surface area contributed by atoms with Gasteiger partial charge in [-0.15, -0.1) is 6.58 Å². The minimum absolute atomic E-state index is 0.107. The summed E-state index contributed by atoms with van der Waals surface area (Å²) >= 11 is 0. The molecule has 0 saturated carbocycles. The Bertz CT molecular complexity index is 950. The van der Waals surface area contributed by atoms with Crippen LogP contribution in [0.4, 0.5) is 16.2 Å². The van der Waals surface area contributed by atoms with Crippen molar-refractivity contribution in [1.82, 2.24) is 5.32 Å². The fourth-order valence-electron chi connectivity index (χ4n) is 2.16. The summed E-state index contributed by atoms with van der Waals surface area (Å²) in [6.45, 7) is 10.3. The summed E-state index contributed by atoms with van der Waals surface area (Å²) in [5, 5.41) is 16.0. The minimum atomic E-state index is -0.696. The number of allylic oxidation sites excluding steroid dienone is 1. The molecule has 0 spiro atoms. The second kappa shape index (κ2) is 16.4. The lowest BCUT2D eigenvalue weighted by Gasteiger charge is -2.19. The summed E-state index contributed by atoms with van der Waals surface area (Å²) in [4.78, 5) is 36.6. The van der Waals surface area contributed by atoms with E-state index in [0.717, 1.165) is 6.07 Å². The molecule has 0 aliphatic heterocycles. The van der Waals surface area contributed by atoms with Crippen molar-refractivity contribution < 1.29 is 24.0 Å². The lowest BCUT2D eigenvalue weighted by molar-refractivity contribution is -0.384. The van der Waals surface area contributed by atoms with Gasteiger partial charge in [0, 0.05) is 37.7 Å². The van der Waals surface area contributed by atoms with E-state index in [1.54, 1.807) is 34.0 Å². The highest BCUT2D eigenvalue weighted by atomic mass is 16.6. The number of nitrogens with two attached hydrogens (primary N) is 2. The van der Waals surface area contributed by atoms with E-state index in [9.17, 15) is 19.7 Å². The fraction of sp³-hybridized carbons (Fsp3) is 0.348. The number of aliphatic imine (C=N–C) groups is 1. The molecule has 192 valence electrons. The standard InChI is InChI=1S/C13H23N3O3.C10H11N3O3/c1-13(2,3)19-12(17)16-11(9-14)10-15-7-5-6-8-18-4;1-2-5-12-8-4-3-7(10(11)14)6-9(8)13(15)16/h5-6,9-10H,7-8,14H2,1-4H3,(H,16,17);2-4,6,12H,1,5H2,(H2,11,14)/b6-5+,11-9+,15-10?;. The first kappa shape index (κ1) is 30.8. The number of nitrogens with zero attached hydrogens (tertiary/aromatic N) is 2. The first-order valence-corrected chi connectivity index (χ1v) is 10.4. The zero-order chi connectivity index (χ0) is 26.9. The van der Waals surface area contributed by atoms with Gasteiger partial charge in [0.1, 0.15) is 11.3 Å². The normalized spacial score (nSPS) is 11.5. The zero-order valence-electron chi connectivity index (χ0n) is 20.4. The number of nitrogens with one attached hydrogen (secondary N) is 2. The molecule has 0 fully saturated rings. The molecule has 0 bridgehead atoms. The average Bonchev–Trinajstić information content (AvgIpc) is 2.78. The third-order valence-corrected chi connectivity index (χ3v) is 3.61. The molecular formula is C23H34N6O6. The number of nitro groups is 1. The Kier molecular flexibility index (Phi) is 14.5. The molecule has 12 heteroatoms. The molecule has 0 aliphatic rings. The smallest absolute Gasteiger partial charge is 0.412 e. The molecule has 0 atom stereocenters. The maximum absolute atomic E-state index is 11.5. The first-order chi connectivity index (χ1) is 16.4. The van der Waals surface area contributed by atoms with Gasteiger partial charge >= 0.3 is 6.09 Å². The van der Waals surface area contributed by atoms with Gasteiger partial charge in [-0.2, -0.15) is 0 Å². The van der Waals surface area contributed by atoms with Crippen LogP contribution in [0.15, 0.2) is 59.9 Å². The molecule has 1 aromatic rings. The van der Waals surface area contributed by atoms with E-state index in [4.69, 9.17) is 20.9 Å². The third kappa shape index (κ3) is 14.5. The molecule has 2 amide bonds. The number of carbonyl (C=O) groups excluding carboxylic acids is 2. The molecule has 35 heavy (non-hydrogen) atoms. The maximum atomic E-state index is 11.5. The second-order valence-electron chi connectivity index (χ2n) is 7.69. The Morgan fingerprint density at radius 2 is 1.97 bits per heavy atom. The Morgan fingerprint density at radius 1 is 1.29 bits per heavy atom. The molecule has 12 nitrogen and oxygen atoms in total. The quantitative estimate of drug-likeness (QED) is 0.158. The number of rotatable bonds is 11. The fourth-order valence-corrected chi connectivity index (χ4v) is 2.16. The number of hydrogen-bond acceptors (Lipinski definition) is 9. The van der Waals surface area contributed by atoms with Crippen molar-refractivity contribution in [2.24, 2.45) is 16.5 Å². The molecule has 0 aliphatic carbocycles. The Morgan fingerprint density at radius 3 is 2.49 bits per heavy atom. The van der Waals surface area contributed by atoms with E-state index >= 15 is 0 Å². The lowest BCUT2D eigenvalue weighted by Crippen LogP contribution is -2.32. The first-order valence-electron chi connectivity index (χ1n) is 10.4. The zero-order valence-corrected chi connectivity index (χ0v) is 20.4. The van der Waals surface area contributed by atoms with Crippen LogP contribution in [-0.4, -0.2) is 55.5 Å². The number of methoxy groups -OCH3 is 1. The van der Waals surface area contributed by atoms with Crippen LogP contribution in [0.1, 0.15) is 31.1 Å². The van der Waals surface area contributed by atoms with Gasteiger partial charge in [-0.1, -0.05) is 18.2 Å². The van der Waals surface area contributed by atoms with Crippen molar-refractivity contribution in [1.29, 1.82) is 0 Å². The predicted octanol–water partition coefficient (Wildman–Crippen LogP) is 2.88. The number of nitro benzene ring substituents is 1. The van der Waals surface area contributed by atoms with Crippen LogP contribution in [0.5, 0.6) is 0 Å². The van der Waals surface area contributed by atoms with E-state index in [1.807, 2.05) is 12.2 Å². The Hall–Kier alpha value is -4.19. The van der Waals surface area contributed by atoms with Gasteiger partial charge in [-0.05, 0) is 32.9 Å². The lowest BCUT2D eigenvalue weighted by atomic mass is 10.1. The average molecular weight is 491 g/mol. The summed E-state index contributed by atoms with van der Waals surface area (Å²) in [6, 6.07) is 4.02. The van der Waals surface area contributed by atoms with Gasteiger partial charge < -0.3 is 26.3 Å². The van der Waals surface area contributed by atoms with Gasteiger partial charge in [0.05, 0.1) is 23.8 Å².